The molecule has 2 heterocycles. The lowest BCUT2D eigenvalue weighted by Gasteiger charge is -2.18. The fourth-order valence-electron chi connectivity index (χ4n) is 2.53. The molecule has 0 atom stereocenters. The van der Waals surface area contributed by atoms with Crippen LogP contribution in [0.2, 0.25) is 0 Å². The first kappa shape index (κ1) is 16.6. The van der Waals surface area contributed by atoms with Crippen LogP contribution in [0.5, 0.6) is 0 Å². The summed E-state index contributed by atoms with van der Waals surface area (Å²) in [6.45, 7) is 0.993. The maximum Gasteiger partial charge on any atom is 0.250 e. The van der Waals surface area contributed by atoms with E-state index in [9.17, 15) is 4.79 Å². The van der Waals surface area contributed by atoms with E-state index in [2.05, 4.69) is 15.3 Å². The molecule has 2 aromatic heterocycles. The van der Waals surface area contributed by atoms with E-state index in [4.69, 9.17) is 11.5 Å². The Morgan fingerprint density at radius 1 is 1.20 bits per heavy atom. The van der Waals surface area contributed by atoms with Gasteiger partial charge >= 0.3 is 0 Å². The van der Waals surface area contributed by atoms with E-state index in [1.165, 1.54) is 24.7 Å². The number of benzene rings is 1. The molecule has 0 saturated carbocycles. The normalized spacial score (nSPS) is 10.6. The summed E-state index contributed by atoms with van der Waals surface area (Å²) in [5.41, 5.74) is 11.9. The Morgan fingerprint density at radius 3 is 2.76 bits per heavy atom. The minimum absolute atomic E-state index is 0.0826. The van der Waals surface area contributed by atoms with Gasteiger partial charge in [-0.15, -0.1) is 0 Å². The molecular formula is C17H17FN6O. The van der Waals surface area contributed by atoms with E-state index < -0.39 is 5.91 Å². The number of aromatic nitrogens is 2. The van der Waals surface area contributed by atoms with Crippen LogP contribution < -0.4 is 21.9 Å². The standard InChI is InChI=1S/C17H17FN6O/c18-24(13-6-12(17(20)25)8-21-9-13)15-10-22-7-11-2-1-3-14(16(11)15)23-5-4-19/h1-3,6-10,23H,4-5,19H2,(H2,20,25). The Kier molecular flexibility index (Phi) is 4.71. The van der Waals surface area contributed by atoms with Gasteiger partial charge in [0.1, 0.15) is 5.69 Å². The van der Waals surface area contributed by atoms with Gasteiger partial charge in [0.25, 0.3) is 0 Å². The molecule has 8 heteroatoms. The van der Waals surface area contributed by atoms with Gasteiger partial charge in [0, 0.05) is 41.9 Å². The molecule has 0 fully saturated rings. The lowest BCUT2D eigenvalue weighted by atomic mass is 10.1. The summed E-state index contributed by atoms with van der Waals surface area (Å²) in [7, 11) is 0. The summed E-state index contributed by atoms with van der Waals surface area (Å²) < 4.78 is 15.1. The highest BCUT2D eigenvalue weighted by molar-refractivity contribution is 6.03. The molecule has 25 heavy (non-hydrogen) atoms. The Bertz CT molecular complexity index is 911. The van der Waals surface area contributed by atoms with Crippen molar-refractivity contribution in [2.45, 2.75) is 0 Å². The number of carbonyl (C=O) groups excluding carboxylic acids is 1. The molecule has 0 aliphatic heterocycles. The average molecular weight is 340 g/mol. The first-order valence-electron chi connectivity index (χ1n) is 7.63. The van der Waals surface area contributed by atoms with E-state index in [0.717, 1.165) is 11.1 Å². The third-order valence-electron chi connectivity index (χ3n) is 3.67. The summed E-state index contributed by atoms with van der Waals surface area (Å²) in [5.74, 6) is -0.677. The van der Waals surface area contributed by atoms with Crippen LogP contribution in [0, 0.1) is 0 Å². The van der Waals surface area contributed by atoms with Gasteiger partial charge in [-0.05, 0) is 12.1 Å². The largest absolute Gasteiger partial charge is 0.383 e. The Hall–Kier alpha value is -3.26. The lowest BCUT2D eigenvalue weighted by Crippen LogP contribution is -2.14. The third kappa shape index (κ3) is 3.33. The Labute approximate surface area is 143 Å². The minimum Gasteiger partial charge on any atom is -0.383 e. The van der Waals surface area contributed by atoms with Gasteiger partial charge in [0.2, 0.25) is 5.91 Å². The predicted octanol–water partition coefficient (Wildman–Crippen LogP) is 2.12. The first-order chi connectivity index (χ1) is 12.1. The van der Waals surface area contributed by atoms with Crippen LogP contribution in [0.15, 0.2) is 49.1 Å². The summed E-state index contributed by atoms with van der Waals surface area (Å²) >= 11 is 0. The summed E-state index contributed by atoms with van der Waals surface area (Å²) in [6, 6.07) is 6.87. The smallest absolute Gasteiger partial charge is 0.250 e. The zero-order valence-electron chi connectivity index (χ0n) is 13.3. The van der Waals surface area contributed by atoms with Gasteiger partial charge in [-0.1, -0.05) is 16.6 Å². The highest BCUT2D eigenvalue weighted by Gasteiger charge is 2.16. The van der Waals surface area contributed by atoms with Gasteiger partial charge in [0.05, 0.1) is 23.6 Å². The fourth-order valence-corrected chi connectivity index (χ4v) is 2.53. The van der Waals surface area contributed by atoms with Crippen LogP contribution in [0.4, 0.5) is 21.5 Å². The quantitative estimate of drug-likeness (QED) is 0.593. The van der Waals surface area contributed by atoms with Gasteiger partial charge < -0.3 is 16.8 Å². The van der Waals surface area contributed by atoms with Crippen molar-refractivity contribution in [1.82, 2.24) is 9.97 Å². The Morgan fingerprint density at radius 2 is 2.00 bits per heavy atom. The second-order valence-corrected chi connectivity index (χ2v) is 5.35. The lowest BCUT2D eigenvalue weighted by molar-refractivity contribution is 0.1000. The number of amides is 1. The second-order valence-electron chi connectivity index (χ2n) is 5.35. The molecule has 0 saturated heterocycles. The first-order valence-corrected chi connectivity index (χ1v) is 7.63. The van der Waals surface area contributed by atoms with Crippen molar-refractivity contribution in [3.8, 4) is 0 Å². The van der Waals surface area contributed by atoms with E-state index >= 15 is 4.48 Å². The van der Waals surface area contributed by atoms with Crippen LogP contribution in [-0.4, -0.2) is 29.0 Å². The van der Waals surface area contributed by atoms with E-state index in [0.29, 0.717) is 23.6 Å². The number of carbonyl (C=O) groups is 1. The molecule has 5 N–H and O–H groups in total. The van der Waals surface area contributed by atoms with Crippen molar-refractivity contribution >= 4 is 33.7 Å². The monoisotopic (exact) mass is 340 g/mol. The van der Waals surface area contributed by atoms with Crippen molar-refractivity contribution in [1.29, 1.82) is 0 Å². The van der Waals surface area contributed by atoms with E-state index in [-0.39, 0.29) is 16.9 Å². The zero-order valence-corrected chi connectivity index (χ0v) is 13.3. The highest BCUT2D eigenvalue weighted by atomic mass is 19.2. The molecule has 0 aliphatic carbocycles. The number of fused-ring (bicyclic) bond motifs is 1. The molecule has 7 nitrogen and oxygen atoms in total. The van der Waals surface area contributed by atoms with E-state index in [1.54, 1.807) is 6.20 Å². The van der Waals surface area contributed by atoms with Crippen molar-refractivity contribution in [3.05, 3.63) is 54.6 Å². The molecular weight excluding hydrogens is 323 g/mol. The number of hydrogen-bond acceptors (Lipinski definition) is 6. The topological polar surface area (TPSA) is 110 Å². The van der Waals surface area contributed by atoms with Crippen LogP contribution in [0.1, 0.15) is 10.4 Å². The second kappa shape index (κ2) is 7.10. The van der Waals surface area contributed by atoms with Gasteiger partial charge in [0.15, 0.2) is 0 Å². The van der Waals surface area contributed by atoms with E-state index in [1.807, 2.05) is 18.2 Å². The molecule has 0 spiro atoms. The number of nitrogens with one attached hydrogen (secondary N) is 1. The Balaban J connectivity index is 2.11. The molecule has 0 unspecified atom stereocenters. The summed E-state index contributed by atoms with van der Waals surface area (Å²) in [6.07, 6.45) is 5.65. The number of nitrogens with zero attached hydrogens (tertiary/aromatic N) is 3. The van der Waals surface area contributed by atoms with Gasteiger partial charge in [-0.25, -0.2) is 0 Å². The van der Waals surface area contributed by atoms with Crippen LogP contribution in [0.3, 0.4) is 0 Å². The molecule has 1 aromatic carbocycles. The number of hydrogen-bond donors (Lipinski definition) is 3. The number of anilines is 3. The van der Waals surface area contributed by atoms with Gasteiger partial charge in [-0.2, -0.15) is 5.12 Å². The molecule has 1 amide bonds. The van der Waals surface area contributed by atoms with Crippen LogP contribution in [0.25, 0.3) is 10.8 Å². The number of halogens is 1. The number of nitrogens with two attached hydrogens (primary N) is 2. The summed E-state index contributed by atoms with van der Waals surface area (Å²) in [4.78, 5) is 19.3. The van der Waals surface area contributed by atoms with Crippen molar-refractivity contribution < 1.29 is 9.28 Å². The molecule has 0 aliphatic rings. The number of pyridine rings is 2. The average Bonchev–Trinajstić information content (AvgIpc) is 2.65. The molecule has 3 rings (SSSR count). The predicted molar refractivity (Wildman–Crippen MR) is 95.3 cm³/mol. The zero-order chi connectivity index (χ0) is 17.8. The number of primary amides is 1. The maximum absolute atomic E-state index is 15.1. The fraction of sp³-hybridized carbons (Fsp3) is 0.118. The molecule has 0 radical (unpaired) electrons. The SMILES string of the molecule is NCCNc1cccc2cncc(N(F)c3cncc(C(N)=O)c3)c12. The maximum atomic E-state index is 15.1. The molecule has 128 valence electrons. The minimum atomic E-state index is -0.677. The van der Waals surface area contributed by atoms with Crippen molar-refractivity contribution in [2.24, 2.45) is 11.5 Å². The molecule has 0 bridgehead atoms. The van der Waals surface area contributed by atoms with Gasteiger partial charge in [-0.3, -0.25) is 14.8 Å². The van der Waals surface area contributed by atoms with Crippen LogP contribution in [-0.2, 0) is 0 Å². The summed E-state index contributed by atoms with van der Waals surface area (Å²) in [5, 5.41) is 5.03. The third-order valence-corrected chi connectivity index (χ3v) is 3.67. The number of rotatable bonds is 6. The van der Waals surface area contributed by atoms with Crippen molar-refractivity contribution in [3.63, 3.8) is 0 Å². The molecule has 3 aromatic rings. The highest BCUT2D eigenvalue weighted by Crippen LogP contribution is 2.36. The van der Waals surface area contributed by atoms with Crippen molar-refractivity contribution in [2.75, 3.05) is 23.5 Å². The van der Waals surface area contributed by atoms with Crippen LogP contribution >= 0.6 is 0 Å².